The van der Waals surface area contributed by atoms with Crippen LogP contribution >= 0.6 is 46.3 Å². The molecular weight excluding hydrogens is 422 g/mol. The molecule has 1 N–H and O–H groups in total. The average molecular weight is 439 g/mol. The summed E-state index contributed by atoms with van der Waals surface area (Å²) in [5.74, 6) is -0.111. The van der Waals surface area contributed by atoms with Gasteiger partial charge in [-0.1, -0.05) is 0 Å². The number of hydrogen-bond donors (Lipinski definition) is 1. The Morgan fingerprint density at radius 1 is 1.24 bits per heavy atom. The summed E-state index contributed by atoms with van der Waals surface area (Å²) < 4.78 is 15.4. The Morgan fingerprint density at radius 3 is 2.67 bits per heavy atom. The number of hydrogen-bond acceptors (Lipinski definition) is 3. The molecule has 3 rings (SSSR count). The van der Waals surface area contributed by atoms with E-state index in [9.17, 15) is 4.39 Å². The van der Waals surface area contributed by atoms with Crippen molar-refractivity contribution in [3.8, 4) is 0 Å². The van der Waals surface area contributed by atoms with Crippen LogP contribution in [0.1, 0.15) is 17.2 Å². The van der Waals surface area contributed by atoms with Crippen LogP contribution in [0, 0.1) is 9.39 Å². The first-order chi connectivity index (χ1) is 9.75. The number of nitrogens with one attached hydrogen (secondary N) is 1. The van der Waals surface area contributed by atoms with E-state index in [-0.39, 0.29) is 24.3 Å². The second kappa shape index (κ2) is 7.87. The molecule has 0 bridgehead atoms. The molecule has 1 atom stereocenters. The molecule has 0 saturated carbocycles. The van der Waals surface area contributed by atoms with Crippen LogP contribution in [-0.4, -0.2) is 31.1 Å². The van der Waals surface area contributed by atoms with Gasteiger partial charge in [-0.05, 0) is 63.2 Å². The van der Waals surface area contributed by atoms with Gasteiger partial charge < -0.3 is 5.32 Å². The summed E-state index contributed by atoms with van der Waals surface area (Å²) in [4.78, 5) is 2.37. The minimum absolute atomic E-state index is 0. The van der Waals surface area contributed by atoms with Gasteiger partial charge in [0.1, 0.15) is 5.82 Å². The summed E-state index contributed by atoms with van der Waals surface area (Å²) in [5, 5.41) is 7.55. The minimum Gasteiger partial charge on any atom is -0.314 e. The molecule has 0 spiro atoms. The number of halogens is 3. The lowest BCUT2D eigenvalue weighted by molar-refractivity contribution is 0.195. The second-order valence-electron chi connectivity index (χ2n) is 4.91. The summed E-state index contributed by atoms with van der Waals surface area (Å²) in [6.45, 7) is 3.83. The van der Waals surface area contributed by atoms with Crippen LogP contribution in [0.15, 0.2) is 35.0 Å². The fraction of sp³-hybridized carbons (Fsp3) is 0.333. The molecule has 2 heterocycles. The molecular formula is C15H17ClFIN2S. The Hall–Kier alpha value is -0.210. The maximum Gasteiger partial charge on any atom is 0.128 e. The summed E-state index contributed by atoms with van der Waals surface area (Å²) in [7, 11) is 0. The van der Waals surface area contributed by atoms with E-state index in [1.165, 1.54) is 5.56 Å². The molecule has 6 heteroatoms. The van der Waals surface area contributed by atoms with E-state index in [1.807, 2.05) is 12.1 Å². The van der Waals surface area contributed by atoms with Crippen molar-refractivity contribution in [3.05, 3.63) is 55.5 Å². The summed E-state index contributed by atoms with van der Waals surface area (Å²) in [6, 6.07) is 7.51. The predicted molar refractivity (Wildman–Crippen MR) is 97.0 cm³/mol. The Bertz CT molecular complexity index is 573. The van der Waals surface area contributed by atoms with Crippen LogP contribution < -0.4 is 5.32 Å². The molecule has 1 aliphatic heterocycles. The van der Waals surface area contributed by atoms with Crippen molar-refractivity contribution < 1.29 is 4.39 Å². The van der Waals surface area contributed by atoms with E-state index in [1.54, 1.807) is 17.4 Å². The normalized spacial score (nSPS) is 17.2. The number of rotatable bonds is 3. The van der Waals surface area contributed by atoms with E-state index in [4.69, 9.17) is 0 Å². The third kappa shape index (κ3) is 3.96. The van der Waals surface area contributed by atoms with E-state index < -0.39 is 0 Å². The molecule has 114 valence electrons. The first kappa shape index (κ1) is 17.1. The fourth-order valence-electron chi connectivity index (χ4n) is 2.68. The van der Waals surface area contributed by atoms with Crippen molar-refractivity contribution >= 4 is 46.3 Å². The number of benzene rings is 1. The zero-order chi connectivity index (χ0) is 13.9. The van der Waals surface area contributed by atoms with Crippen LogP contribution in [0.4, 0.5) is 4.39 Å². The zero-order valence-corrected chi connectivity index (χ0v) is 15.2. The molecule has 1 fully saturated rings. The van der Waals surface area contributed by atoms with Crippen molar-refractivity contribution in [3.63, 3.8) is 0 Å². The summed E-state index contributed by atoms with van der Waals surface area (Å²) in [6.07, 6.45) is 0. The largest absolute Gasteiger partial charge is 0.314 e. The van der Waals surface area contributed by atoms with Gasteiger partial charge in [0.05, 0.1) is 6.04 Å². The van der Waals surface area contributed by atoms with Crippen molar-refractivity contribution in [1.82, 2.24) is 10.2 Å². The van der Waals surface area contributed by atoms with E-state index >= 15 is 0 Å². The van der Waals surface area contributed by atoms with Crippen LogP contribution in [0.2, 0.25) is 0 Å². The van der Waals surface area contributed by atoms with Crippen molar-refractivity contribution in [2.45, 2.75) is 6.04 Å². The molecule has 1 aromatic heterocycles. The second-order valence-corrected chi connectivity index (χ2v) is 6.94. The van der Waals surface area contributed by atoms with Crippen molar-refractivity contribution in [2.75, 3.05) is 26.2 Å². The van der Waals surface area contributed by atoms with Crippen LogP contribution in [0.5, 0.6) is 0 Å². The highest BCUT2D eigenvalue weighted by Crippen LogP contribution is 2.32. The minimum atomic E-state index is -0.111. The first-order valence-electron chi connectivity index (χ1n) is 6.67. The Morgan fingerprint density at radius 2 is 2.00 bits per heavy atom. The smallest absolute Gasteiger partial charge is 0.128 e. The van der Waals surface area contributed by atoms with E-state index in [0.29, 0.717) is 0 Å². The van der Waals surface area contributed by atoms with Gasteiger partial charge in [0.25, 0.3) is 0 Å². The first-order valence-corrected chi connectivity index (χ1v) is 8.69. The standard InChI is InChI=1S/C15H16FIN2S.ClH/c16-14-2-1-12(17)9-13(14)15(11-3-8-20-10-11)19-6-4-18-5-7-19;/h1-3,8-10,15,18H,4-7H2;1H/t15-;/m0./s1. The maximum atomic E-state index is 14.3. The van der Waals surface area contributed by atoms with E-state index in [0.717, 1.165) is 35.3 Å². The number of piperazine rings is 1. The van der Waals surface area contributed by atoms with Gasteiger partial charge in [-0.3, -0.25) is 4.90 Å². The Labute approximate surface area is 148 Å². The monoisotopic (exact) mass is 438 g/mol. The lowest BCUT2D eigenvalue weighted by atomic mass is 9.98. The van der Waals surface area contributed by atoms with Gasteiger partial charge in [-0.25, -0.2) is 4.39 Å². The van der Waals surface area contributed by atoms with Crippen LogP contribution in [-0.2, 0) is 0 Å². The van der Waals surface area contributed by atoms with Gasteiger partial charge in [-0.2, -0.15) is 11.3 Å². The molecule has 0 aliphatic carbocycles. The molecule has 21 heavy (non-hydrogen) atoms. The van der Waals surface area contributed by atoms with Gasteiger partial charge in [0.15, 0.2) is 0 Å². The Balaban J connectivity index is 0.00000161. The number of nitrogens with zero attached hydrogens (tertiary/aromatic N) is 1. The molecule has 0 amide bonds. The highest BCUT2D eigenvalue weighted by molar-refractivity contribution is 14.1. The Kier molecular flexibility index (Phi) is 6.43. The topological polar surface area (TPSA) is 15.3 Å². The van der Waals surface area contributed by atoms with Crippen LogP contribution in [0.25, 0.3) is 0 Å². The van der Waals surface area contributed by atoms with Gasteiger partial charge in [-0.15, -0.1) is 12.4 Å². The molecule has 0 radical (unpaired) electrons. The van der Waals surface area contributed by atoms with Crippen molar-refractivity contribution in [2.24, 2.45) is 0 Å². The highest BCUT2D eigenvalue weighted by atomic mass is 127. The highest BCUT2D eigenvalue weighted by Gasteiger charge is 2.26. The summed E-state index contributed by atoms with van der Waals surface area (Å²) >= 11 is 3.92. The lowest BCUT2D eigenvalue weighted by Crippen LogP contribution is -2.45. The van der Waals surface area contributed by atoms with Gasteiger partial charge in [0.2, 0.25) is 0 Å². The quantitative estimate of drug-likeness (QED) is 0.731. The van der Waals surface area contributed by atoms with E-state index in [2.05, 4.69) is 49.6 Å². The SMILES string of the molecule is Cl.Fc1ccc(I)cc1[C@H](c1ccsc1)N1CCNCC1. The van der Waals surface area contributed by atoms with Crippen LogP contribution in [0.3, 0.4) is 0 Å². The average Bonchev–Trinajstić information content (AvgIpc) is 2.98. The van der Waals surface area contributed by atoms with Gasteiger partial charge in [0, 0.05) is 35.3 Å². The summed E-state index contributed by atoms with van der Waals surface area (Å²) in [5.41, 5.74) is 1.98. The molecule has 1 saturated heterocycles. The molecule has 1 aliphatic rings. The fourth-order valence-corrected chi connectivity index (χ4v) is 3.88. The molecule has 1 aromatic carbocycles. The third-order valence-electron chi connectivity index (χ3n) is 3.63. The molecule has 0 unspecified atom stereocenters. The lowest BCUT2D eigenvalue weighted by Gasteiger charge is -2.35. The maximum absolute atomic E-state index is 14.3. The van der Waals surface area contributed by atoms with Crippen molar-refractivity contribution in [1.29, 1.82) is 0 Å². The third-order valence-corrected chi connectivity index (χ3v) is 5.00. The molecule has 2 nitrogen and oxygen atoms in total. The molecule has 2 aromatic rings. The zero-order valence-electron chi connectivity index (χ0n) is 11.4. The van der Waals surface area contributed by atoms with Gasteiger partial charge >= 0.3 is 0 Å². The predicted octanol–water partition coefficient (Wildman–Crippen LogP) is 3.91. The number of thiophene rings is 1.